The smallest absolute Gasteiger partial charge is 0.303 e. The fraction of sp³-hybridized carbons (Fsp3) is 0.435. The fourth-order valence-electron chi connectivity index (χ4n) is 3.24. The van der Waals surface area contributed by atoms with Crippen molar-refractivity contribution < 1.29 is 29.0 Å². The van der Waals surface area contributed by atoms with Crippen LogP contribution >= 0.6 is 0 Å². The highest BCUT2D eigenvalue weighted by molar-refractivity contribution is 5.90. The minimum atomic E-state index is -1.10. The highest BCUT2D eigenvalue weighted by Gasteiger charge is 2.22. The molecule has 33 heavy (non-hydrogen) atoms. The van der Waals surface area contributed by atoms with E-state index in [0.29, 0.717) is 12.3 Å². The standard InChI is InChI=1S/C23H30N4O6/c1-14-3-9-18(26-15(2)33-14)17-7-4-16(5-8-17)6-11-21(29)27-19(10-12-22(30)31)23(32)25-13-20(24)28/h4-5,7-9,14,19H,3,6,10-13H2,1-2H3,(H2,24,28)(H,25,32)(H,27,29)(H,30,31). The van der Waals surface area contributed by atoms with Gasteiger partial charge in [-0.3, -0.25) is 19.2 Å². The molecule has 0 aromatic heterocycles. The minimum Gasteiger partial charge on any atom is -0.481 e. The predicted molar refractivity (Wildman–Crippen MR) is 122 cm³/mol. The van der Waals surface area contributed by atoms with Crippen molar-refractivity contribution in [2.75, 3.05) is 6.54 Å². The van der Waals surface area contributed by atoms with Gasteiger partial charge in [0.2, 0.25) is 17.7 Å². The normalized spacial score (nSPS) is 16.4. The first-order chi connectivity index (χ1) is 15.6. The lowest BCUT2D eigenvalue weighted by Crippen LogP contribution is -2.48. The molecule has 2 atom stereocenters. The average Bonchev–Trinajstić information content (AvgIpc) is 2.93. The van der Waals surface area contributed by atoms with Gasteiger partial charge in [-0.15, -0.1) is 0 Å². The molecule has 10 nitrogen and oxygen atoms in total. The summed E-state index contributed by atoms with van der Waals surface area (Å²) < 4.78 is 5.63. The highest BCUT2D eigenvalue weighted by Crippen LogP contribution is 2.22. The first kappa shape index (κ1) is 25.6. The summed E-state index contributed by atoms with van der Waals surface area (Å²) in [5.74, 6) is -2.27. The summed E-state index contributed by atoms with van der Waals surface area (Å²) in [5, 5.41) is 13.7. The number of primary amides is 1. The lowest BCUT2D eigenvalue weighted by Gasteiger charge is -2.17. The summed E-state index contributed by atoms with van der Waals surface area (Å²) in [6, 6.07) is 6.61. The molecule has 0 radical (unpaired) electrons. The number of carbonyl (C=O) groups excluding carboxylic acids is 3. The van der Waals surface area contributed by atoms with Crippen LogP contribution in [0.3, 0.4) is 0 Å². The summed E-state index contributed by atoms with van der Waals surface area (Å²) in [5.41, 5.74) is 7.71. The Balaban J connectivity index is 1.93. The molecule has 0 spiro atoms. The van der Waals surface area contributed by atoms with Crippen molar-refractivity contribution in [2.24, 2.45) is 10.7 Å². The molecule has 10 heteroatoms. The Bertz CT molecular complexity index is 939. The Morgan fingerprint density at radius 1 is 1.21 bits per heavy atom. The molecule has 3 amide bonds. The molecular formula is C23H30N4O6. The van der Waals surface area contributed by atoms with Crippen LogP contribution in [0.1, 0.15) is 50.7 Å². The van der Waals surface area contributed by atoms with Gasteiger partial charge in [0, 0.05) is 26.2 Å². The molecule has 1 aliphatic rings. The topological polar surface area (TPSA) is 160 Å². The fourth-order valence-corrected chi connectivity index (χ4v) is 3.24. The summed E-state index contributed by atoms with van der Waals surface area (Å²) >= 11 is 0. The summed E-state index contributed by atoms with van der Waals surface area (Å²) in [6.07, 6.45) is 2.99. The van der Waals surface area contributed by atoms with E-state index in [2.05, 4.69) is 15.6 Å². The number of benzene rings is 1. The van der Waals surface area contributed by atoms with Crippen LogP contribution < -0.4 is 16.4 Å². The zero-order valence-electron chi connectivity index (χ0n) is 18.8. The molecule has 2 rings (SSSR count). The van der Waals surface area contributed by atoms with Crippen molar-refractivity contribution in [3.05, 3.63) is 41.5 Å². The van der Waals surface area contributed by atoms with Crippen molar-refractivity contribution in [1.82, 2.24) is 10.6 Å². The van der Waals surface area contributed by atoms with Crippen LogP contribution in [0.15, 0.2) is 35.3 Å². The maximum atomic E-state index is 12.4. The third-order valence-corrected chi connectivity index (χ3v) is 4.92. The Morgan fingerprint density at radius 2 is 1.91 bits per heavy atom. The number of carbonyl (C=O) groups is 4. The number of aryl methyl sites for hydroxylation is 1. The summed E-state index contributed by atoms with van der Waals surface area (Å²) in [4.78, 5) is 50.7. The largest absolute Gasteiger partial charge is 0.481 e. The van der Waals surface area contributed by atoms with Gasteiger partial charge >= 0.3 is 5.97 Å². The number of carboxylic acids is 1. The predicted octanol–water partition coefficient (Wildman–Crippen LogP) is 1.14. The number of ether oxygens (including phenoxy) is 1. The van der Waals surface area contributed by atoms with Crippen molar-refractivity contribution in [2.45, 2.75) is 58.1 Å². The van der Waals surface area contributed by atoms with Crippen LogP contribution in [-0.2, 0) is 30.3 Å². The maximum absolute atomic E-state index is 12.4. The third-order valence-electron chi connectivity index (χ3n) is 4.92. The van der Waals surface area contributed by atoms with Gasteiger partial charge in [-0.05, 0) is 30.9 Å². The van der Waals surface area contributed by atoms with Crippen LogP contribution in [0.5, 0.6) is 0 Å². The SMILES string of the molecule is CC1=NC(c2ccc(CCC(=O)NC(CCC(=O)O)C(=O)NCC(N)=O)cc2)=CCC(C)O1. The number of nitrogens with one attached hydrogen (secondary N) is 2. The number of amides is 3. The Morgan fingerprint density at radius 3 is 2.55 bits per heavy atom. The lowest BCUT2D eigenvalue weighted by molar-refractivity contribution is -0.138. The molecule has 1 aliphatic heterocycles. The lowest BCUT2D eigenvalue weighted by atomic mass is 10.0. The molecule has 2 unspecified atom stereocenters. The third kappa shape index (κ3) is 9.14. The number of nitrogens with two attached hydrogens (primary N) is 1. The number of hydrogen-bond donors (Lipinski definition) is 4. The molecule has 0 fully saturated rings. The molecule has 1 aromatic rings. The molecule has 0 saturated heterocycles. The van der Waals surface area contributed by atoms with Crippen LogP contribution in [0.4, 0.5) is 0 Å². The molecule has 1 aromatic carbocycles. The average molecular weight is 459 g/mol. The van der Waals surface area contributed by atoms with Gasteiger partial charge in [-0.25, -0.2) is 4.99 Å². The zero-order chi connectivity index (χ0) is 24.4. The van der Waals surface area contributed by atoms with E-state index in [1.807, 2.05) is 44.2 Å². The van der Waals surface area contributed by atoms with Crippen LogP contribution in [0.2, 0.25) is 0 Å². The number of aliphatic carboxylic acids is 1. The molecule has 178 valence electrons. The Hall–Kier alpha value is -3.69. The van der Waals surface area contributed by atoms with Crippen LogP contribution in [0, 0.1) is 0 Å². The van der Waals surface area contributed by atoms with Gasteiger partial charge in [0.1, 0.15) is 12.1 Å². The molecular weight excluding hydrogens is 428 g/mol. The number of aliphatic imine (C=N–C) groups is 1. The van der Waals surface area contributed by atoms with Gasteiger partial charge < -0.3 is 26.2 Å². The number of rotatable bonds is 11. The Kier molecular flexibility index (Phi) is 9.59. The maximum Gasteiger partial charge on any atom is 0.303 e. The summed E-state index contributed by atoms with van der Waals surface area (Å²) in [6.45, 7) is 3.41. The molecule has 5 N–H and O–H groups in total. The first-order valence-corrected chi connectivity index (χ1v) is 10.7. The second kappa shape index (κ2) is 12.4. The van der Waals surface area contributed by atoms with Crippen LogP contribution in [-0.4, -0.2) is 53.4 Å². The molecule has 0 saturated carbocycles. The van der Waals surface area contributed by atoms with E-state index >= 15 is 0 Å². The van der Waals surface area contributed by atoms with E-state index in [9.17, 15) is 19.2 Å². The monoisotopic (exact) mass is 458 g/mol. The van der Waals surface area contributed by atoms with Crippen molar-refractivity contribution in [3.8, 4) is 0 Å². The number of nitrogens with zero attached hydrogens (tertiary/aromatic N) is 1. The second-order valence-corrected chi connectivity index (χ2v) is 7.82. The quantitative estimate of drug-likeness (QED) is 0.389. The van der Waals surface area contributed by atoms with Crippen LogP contribution in [0.25, 0.3) is 5.70 Å². The van der Waals surface area contributed by atoms with E-state index in [1.165, 1.54) is 0 Å². The van der Waals surface area contributed by atoms with Gasteiger partial charge in [0.15, 0.2) is 5.90 Å². The van der Waals surface area contributed by atoms with Crippen molar-refractivity contribution in [1.29, 1.82) is 0 Å². The first-order valence-electron chi connectivity index (χ1n) is 10.7. The van der Waals surface area contributed by atoms with Gasteiger partial charge in [0.05, 0.1) is 12.2 Å². The minimum absolute atomic E-state index is 0.0706. The summed E-state index contributed by atoms with van der Waals surface area (Å²) in [7, 11) is 0. The van der Waals surface area contributed by atoms with Gasteiger partial charge in [-0.1, -0.05) is 30.3 Å². The van der Waals surface area contributed by atoms with E-state index < -0.39 is 36.3 Å². The van der Waals surface area contributed by atoms with E-state index in [1.54, 1.807) is 0 Å². The molecule has 0 bridgehead atoms. The van der Waals surface area contributed by atoms with Gasteiger partial charge in [-0.2, -0.15) is 0 Å². The van der Waals surface area contributed by atoms with Gasteiger partial charge in [0.25, 0.3) is 0 Å². The number of hydrogen-bond acceptors (Lipinski definition) is 6. The van der Waals surface area contributed by atoms with E-state index in [4.69, 9.17) is 15.6 Å². The zero-order valence-corrected chi connectivity index (χ0v) is 18.8. The van der Waals surface area contributed by atoms with Crippen molar-refractivity contribution in [3.63, 3.8) is 0 Å². The Labute approximate surface area is 192 Å². The highest BCUT2D eigenvalue weighted by atomic mass is 16.5. The molecule has 1 heterocycles. The van der Waals surface area contributed by atoms with E-state index in [0.717, 1.165) is 23.2 Å². The second-order valence-electron chi connectivity index (χ2n) is 7.82. The molecule has 0 aliphatic carbocycles. The van der Waals surface area contributed by atoms with Crippen molar-refractivity contribution >= 4 is 35.3 Å². The van der Waals surface area contributed by atoms with E-state index in [-0.39, 0.29) is 25.4 Å². The number of carboxylic acid groups (broad SMARTS) is 1.